The Balaban J connectivity index is 4.67. The molecule has 0 amide bonds. The SMILES string of the molecule is CCCCC(CC(C)(C)C(C)(C)C(C)C)NCC. The molecule has 0 saturated carbocycles. The van der Waals surface area contributed by atoms with Crippen molar-refractivity contribution in [2.75, 3.05) is 6.54 Å². The van der Waals surface area contributed by atoms with Crippen molar-refractivity contribution in [2.24, 2.45) is 16.7 Å². The van der Waals surface area contributed by atoms with Gasteiger partial charge in [0.05, 0.1) is 0 Å². The molecule has 0 aromatic heterocycles. The average molecular weight is 255 g/mol. The van der Waals surface area contributed by atoms with E-state index in [0.717, 1.165) is 12.5 Å². The van der Waals surface area contributed by atoms with E-state index in [1.807, 2.05) is 0 Å². The highest BCUT2D eigenvalue weighted by molar-refractivity contribution is 4.91. The Morgan fingerprint density at radius 2 is 1.56 bits per heavy atom. The molecule has 0 aromatic rings. The summed E-state index contributed by atoms with van der Waals surface area (Å²) in [7, 11) is 0. The van der Waals surface area contributed by atoms with Gasteiger partial charge in [-0.3, -0.25) is 0 Å². The molecule has 0 saturated heterocycles. The second kappa shape index (κ2) is 7.53. The minimum Gasteiger partial charge on any atom is -0.314 e. The summed E-state index contributed by atoms with van der Waals surface area (Å²) >= 11 is 0. The van der Waals surface area contributed by atoms with E-state index >= 15 is 0 Å². The molecule has 0 bridgehead atoms. The third-order valence-electron chi connectivity index (χ3n) is 5.34. The Bertz CT molecular complexity index is 216. The van der Waals surface area contributed by atoms with Crippen LogP contribution in [0.4, 0.5) is 0 Å². The molecule has 0 aliphatic carbocycles. The monoisotopic (exact) mass is 255 g/mol. The highest BCUT2D eigenvalue weighted by atomic mass is 14.9. The van der Waals surface area contributed by atoms with E-state index < -0.39 is 0 Å². The molecule has 1 N–H and O–H groups in total. The van der Waals surface area contributed by atoms with Gasteiger partial charge >= 0.3 is 0 Å². The van der Waals surface area contributed by atoms with E-state index in [4.69, 9.17) is 0 Å². The van der Waals surface area contributed by atoms with E-state index in [1.165, 1.54) is 25.7 Å². The first kappa shape index (κ1) is 18.0. The van der Waals surface area contributed by atoms with Crippen LogP contribution in [0.2, 0.25) is 0 Å². The van der Waals surface area contributed by atoms with Gasteiger partial charge in [-0.05, 0) is 36.1 Å². The highest BCUT2D eigenvalue weighted by Crippen LogP contribution is 2.47. The topological polar surface area (TPSA) is 12.0 Å². The fourth-order valence-electron chi connectivity index (χ4n) is 2.68. The Kier molecular flexibility index (Phi) is 7.51. The van der Waals surface area contributed by atoms with Crippen molar-refractivity contribution in [2.45, 2.75) is 87.1 Å². The summed E-state index contributed by atoms with van der Waals surface area (Å²) < 4.78 is 0. The van der Waals surface area contributed by atoms with Gasteiger partial charge in [-0.15, -0.1) is 0 Å². The lowest BCUT2D eigenvalue weighted by Gasteiger charge is -2.47. The van der Waals surface area contributed by atoms with Crippen molar-refractivity contribution in [1.82, 2.24) is 5.32 Å². The molecule has 0 heterocycles. The third-order valence-corrected chi connectivity index (χ3v) is 5.34. The van der Waals surface area contributed by atoms with Crippen LogP contribution in [-0.4, -0.2) is 12.6 Å². The molecule has 18 heavy (non-hydrogen) atoms. The zero-order chi connectivity index (χ0) is 14.4. The van der Waals surface area contributed by atoms with Crippen molar-refractivity contribution in [1.29, 1.82) is 0 Å². The van der Waals surface area contributed by atoms with Gasteiger partial charge in [-0.2, -0.15) is 0 Å². The van der Waals surface area contributed by atoms with Gasteiger partial charge in [-0.25, -0.2) is 0 Å². The molecule has 0 aliphatic rings. The molecule has 0 rings (SSSR count). The molecule has 0 fully saturated rings. The van der Waals surface area contributed by atoms with Crippen molar-refractivity contribution in [3.8, 4) is 0 Å². The molecule has 0 radical (unpaired) electrons. The molecule has 1 heteroatoms. The zero-order valence-corrected chi connectivity index (χ0v) is 14.2. The van der Waals surface area contributed by atoms with Gasteiger partial charge in [0.2, 0.25) is 0 Å². The van der Waals surface area contributed by atoms with Crippen LogP contribution in [0.1, 0.15) is 81.1 Å². The van der Waals surface area contributed by atoms with Crippen LogP contribution < -0.4 is 5.32 Å². The minimum absolute atomic E-state index is 0.377. The lowest BCUT2D eigenvalue weighted by Crippen LogP contribution is -2.43. The summed E-state index contributed by atoms with van der Waals surface area (Å²) in [6.07, 6.45) is 5.25. The number of nitrogens with one attached hydrogen (secondary N) is 1. The fourth-order valence-corrected chi connectivity index (χ4v) is 2.68. The zero-order valence-electron chi connectivity index (χ0n) is 14.2. The molecule has 1 atom stereocenters. The van der Waals surface area contributed by atoms with Crippen molar-refractivity contribution in [3.05, 3.63) is 0 Å². The number of rotatable bonds is 9. The van der Waals surface area contributed by atoms with Crippen molar-refractivity contribution in [3.63, 3.8) is 0 Å². The van der Waals surface area contributed by atoms with Gasteiger partial charge in [0, 0.05) is 6.04 Å². The Morgan fingerprint density at radius 1 is 1.00 bits per heavy atom. The maximum Gasteiger partial charge on any atom is 0.00722 e. The van der Waals surface area contributed by atoms with Gasteiger partial charge in [-0.1, -0.05) is 68.2 Å². The van der Waals surface area contributed by atoms with Crippen LogP contribution in [0.25, 0.3) is 0 Å². The normalized spacial score (nSPS) is 15.2. The molecule has 110 valence electrons. The number of unbranched alkanes of at least 4 members (excludes halogenated alkanes) is 1. The van der Waals surface area contributed by atoms with Gasteiger partial charge < -0.3 is 5.32 Å². The van der Waals surface area contributed by atoms with E-state index in [9.17, 15) is 0 Å². The molecule has 0 spiro atoms. The standard InChI is InChI=1S/C17H37N/c1-9-11-12-15(18-10-2)13-16(5,6)17(7,8)14(3)4/h14-15,18H,9-13H2,1-8H3. The fraction of sp³-hybridized carbons (Fsp3) is 1.00. The van der Waals surface area contributed by atoms with E-state index in [0.29, 0.717) is 16.9 Å². The molecule has 0 aromatic carbocycles. The second-order valence-electron chi connectivity index (χ2n) is 7.36. The lowest BCUT2D eigenvalue weighted by molar-refractivity contribution is 0.0367. The summed E-state index contributed by atoms with van der Waals surface area (Å²) in [6, 6.07) is 0.683. The molecular weight excluding hydrogens is 218 g/mol. The summed E-state index contributed by atoms with van der Waals surface area (Å²) in [5.41, 5.74) is 0.759. The molecular formula is C17H37N. The van der Waals surface area contributed by atoms with Crippen molar-refractivity contribution < 1.29 is 0 Å². The van der Waals surface area contributed by atoms with Crippen LogP contribution in [0, 0.1) is 16.7 Å². The van der Waals surface area contributed by atoms with E-state index in [1.54, 1.807) is 0 Å². The van der Waals surface area contributed by atoms with Gasteiger partial charge in [0.15, 0.2) is 0 Å². The quantitative estimate of drug-likeness (QED) is 0.593. The first-order chi connectivity index (χ1) is 8.19. The minimum atomic E-state index is 0.377. The largest absolute Gasteiger partial charge is 0.314 e. The Hall–Kier alpha value is -0.0400. The summed E-state index contributed by atoms with van der Waals surface area (Å²) in [6.45, 7) is 20.1. The van der Waals surface area contributed by atoms with Crippen LogP contribution in [0.3, 0.4) is 0 Å². The average Bonchev–Trinajstić information content (AvgIpc) is 2.25. The maximum absolute atomic E-state index is 3.68. The molecule has 0 aliphatic heterocycles. The summed E-state index contributed by atoms with van der Waals surface area (Å²) in [4.78, 5) is 0. The number of hydrogen-bond donors (Lipinski definition) is 1. The predicted octanol–water partition coefficient (Wildman–Crippen LogP) is 5.25. The number of hydrogen-bond acceptors (Lipinski definition) is 1. The van der Waals surface area contributed by atoms with E-state index in [-0.39, 0.29) is 0 Å². The van der Waals surface area contributed by atoms with Gasteiger partial charge in [0.25, 0.3) is 0 Å². The molecule has 1 unspecified atom stereocenters. The smallest absolute Gasteiger partial charge is 0.00722 e. The summed E-state index contributed by atoms with van der Waals surface area (Å²) in [5.74, 6) is 0.723. The van der Waals surface area contributed by atoms with Crippen LogP contribution in [0.5, 0.6) is 0 Å². The Labute approximate surface area is 116 Å². The highest BCUT2D eigenvalue weighted by Gasteiger charge is 2.40. The predicted molar refractivity (Wildman–Crippen MR) is 84.0 cm³/mol. The Morgan fingerprint density at radius 3 is 1.94 bits per heavy atom. The van der Waals surface area contributed by atoms with Crippen LogP contribution >= 0.6 is 0 Å². The van der Waals surface area contributed by atoms with E-state index in [2.05, 4.69) is 60.7 Å². The summed E-state index contributed by atoms with van der Waals surface area (Å²) in [5, 5.41) is 3.68. The first-order valence-electron chi connectivity index (χ1n) is 7.92. The van der Waals surface area contributed by atoms with Crippen LogP contribution in [-0.2, 0) is 0 Å². The van der Waals surface area contributed by atoms with Crippen molar-refractivity contribution >= 4 is 0 Å². The third kappa shape index (κ3) is 4.91. The maximum atomic E-state index is 3.68. The first-order valence-corrected chi connectivity index (χ1v) is 7.92. The van der Waals surface area contributed by atoms with Gasteiger partial charge in [0.1, 0.15) is 0 Å². The van der Waals surface area contributed by atoms with Crippen LogP contribution in [0.15, 0.2) is 0 Å². The lowest BCUT2D eigenvalue weighted by atomic mass is 9.59. The second-order valence-corrected chi connectivity index (χ2v) is 7.36. The molecule has 1 nitrogen and oxygen atoms in total.